The van der Waals surface area contributed by atoms with Gasteiger partial charge in [-0.15, -0.1) is 0 Å². The molecule has 9 aromatic rings. The van der Waals surface area contributed by atoms with Crippen molar-refractivity contribution >= 4 is 65.0 Å². The fourth-order valence-electron chi connectivity index (χ4n) is 9.81. The summed E-state index contributed by atoms with van der Waals surface area (Å²) >= 11 is 0. The van der Waals surface area contributed by atoms with Crippen LogP contribution in [0.3, 0.4) is 0 Å². The quantitative estimate of drug-likeness (QED) is 0.0281. The third-order valence-electron chi connectivity index (χ3n) is 14.9. The molecular weight excluding hydrogens is 1210 g/mol. The van der Waals surface area contributed by atoms with Crippen molar-refractivity contribution in [3.05, 3.63) is 285 Å². The minimum Gasteiger partial charge on any atom is -0.478 e. The van der Waals surface area contributed by atoms with Crippen LogP contribution in [-0.2, 0) is 75.0 Å². The van der Waals surface area contributed by atoms with Crippen molar-refractivity contribution in [2.45, 2.75) is 112 Å². The molecular formula is C72H74FN3O12S3. The van der Waals surface area contributed by atoms with Crippen molar-refractivity contribution in [1.82, 2.24) is 0 Å². The van der Waals surface area contributed by atoms with Gasteiger partial charge in [-0.2, -0.15) is 0 Å². The summed E-state index contributed by atoms with van der Waals surface area (Å²) in [5, 5.41) is 26.9. The SMILES string of the molecule is CC(C)c1ccc(S(=O)(=O)Nc2ccccc2CCCc2ccc(C(=O)O)cc2)cc1.CCCc1ccc(S(=O)(=O)Nc2ccccc2CCCc2ccc(C(=O)O)cc2)cc1.O=C(O)c1ccc(CCCc2ccccc2NS(=O)(=O)c2cccc(F)c2)cc1. The Morgan fingerprint density at radius 1 is 0.374 bits per heavy atom. The number of carboxylic acid groups (broad SMARTS) is 3. The third kappa shape index (κ3) is 21.1. The highest BCUT2D eigenvalue weighted by Gasteiger charge is 2.20. The average Bonchev–Trinajstić information content (AvgIpc) is 1.21. The minimum atomic E-state index is -3.89. The molecule has 19 heteroatoms. The number of aromatic carboxylic acids is 3. The summed E-state index contributed by atoms with van der Waals surface area (Å²) in [6, 6.07) is 61.1. The van der Waals surface area contributed by atoms with E-state index >= 15 is 0 Å². The van der Waals surface area contributed by atoms with Gasteiger partial charge in [-0.25, -0.2) is 44.0 Å². The standard InChI is InChI=1S/2C25H27NO4S.C22H20FNO4S/c1-18(2)20-14-16-23(17-15-20)31(29,30)26-24-9-4-3-7-21(24)8-5-6-19-10-12-22(13-11-19)25(27)28;1-2-6-19-13-17-23(18-14-19)31(29,30)26-24-10-4-3-8-21(24)9-5-7-20-11-15-22(16-12-20)25(27)28;23-19-8-4-9-20(15-19)29(27,28)24-21-10-2-1-6-17(21)7-3-5-16-11-13-18(14-12-16)22(25)26/h3-4,7,9-18,26H,5-6,8H2,1-2H3,(H,27,28);3-4,8,10-18,26H,2,5-7,9H2,1H3,(H,27,28);1-2,4,6,8-15,24H,3,5,7H2,(H,25,26). The zero-order valence-corrected chi connectivity index (χ0v) is 53.2. The molecule has 15 nitrogen and oxygen atoms in total. The lowest BCUT2D eigenvalue weighted by Crippen LogP contribution is -2.14. The van der Waals surface area contributed by atoms with Crippen molar-refractivity contribution in [3.8, 4) is 0 Å². The van der Waals surface area contributed by atoms with Gasteiger partial charge in [-0.1, -0.05) is 149 Å². The molecule has 6 N–H and O–H groups in total. The Labute approximate surface area is 532 Å². The minimum absolute atomic E-state index is 0.133. The zero-order chi connectivity index (χ0) is 65.6. The van der Waals surface area contributed by atoms with Crippen molar-refractivity contribution < 1.29 is 59.3 Å². The van der Waals surface area contributed by atoms with E-state index in [1.165, 1.54) is 18.2 Å². The van der Waals surface area contributed by atoms with Crippen molar-refractivity contribution in [1.29, 1.82) is 0 Å². The molecule has 0 spiro atoms. The predicted molar refractivity (Wildman–Crippen MR) is 355 cm³/mol. The number of para-hydroxylation sites is 3. The van der Waals surface area contributed by atoms with Crippen LogP contribution in [0.4, 0.5) is 21.5 Å². The van der Waals surface area contributed by atoms with Gasteiger partial charge in [0.15, 0.2) is 0 Å². The fourth-order valence-corrected chi connectivity index (χ4v) is 13.1. The molecule has 0 fully saturated rings. The van der Waals surface area contributed by atoms with Gasteiger partial charge in [0.2, 0.25) is 0 Å². The van der Waals surface area contributed by atoms with Crippen molar-refractivity contribution in [2.24, 2.45) is 0 Å². The first kappa shape index (κ1) is 69.1. The fraction of sp³-hybridized carbons (Fsp3) is 0.208. The van der Waals surface area contributed by atoms with E-state index in [4.69, 9.17) is 15.3 Å². The second-order valence-corrected chi connectivity index (χ2v) is 27.0. The van der Waals surface area contributed by atoms with Crippen molar-refractivity contribution in [3.63, 3.8) is 0 Å². The first-order chi connectivity index (χ1) is 43.5. The lowest BCUT2D eigenvalue weighted by molar-refractivity contribution is 0.0686. The molecule has 474 valence electrons. The summed E-state index contributed by atoms with van der Waals surface area (Å²) in [7, 11) is -11.2. The second kappa shape index (κ2) is 32.9. The molecule has 0 saturated heterocycles. The molecule has 0 amide bonds. The molecule has 9 aromatic carbocycles. The number of anilines is 3. The van der Waals surface area contributed by atoms with Crippen LogP contribution in [0.1, 0.15) is 128 Å². The van der Waals surface area contributed by atoms with Crippen LogP contribution in [-0.4, -0.2) is 58.5 Å². The summed E-state index contributed by atoms with van der Waals surface area (Å²) < 4.78 is 97.9. The van der Waals surface area contributed by atoms with Crippen LogP contribution in [0, 0.1) is 5.82 Å². The maximum Gasteiger partial charge on any atom is 0.335 e. The van der Waals surface area contributed by atoms with E-state index in [1.807, 2.05) is 97.1 Å². The Morgan fingerprint density at radius 2 is 0.681 bits per heavy atom. The van der Waals surface area contributed by atoms with E-state index in [1.54, 1.807) is 97.1 Å². The highest BCUT2D eigenvalue weighted by atomic mass is 32.2. The molecule has 0 unspecified atom stereocenters. The molecule has 9 rings (SSSR count). The van der Waals surface area contributed by atoms with E-state index in [-0.39, 0.29) is 31.4 Å². The van der Waals surface area contributed by atoms with Crippen LogP contribution in [0.2, 0.25) is 0 Å². The predicted octanol–water partition coefficient (Wildman–Crippen LogP) is 15.3. The zero-order valence-electron chi connectivity index (χ0n) is 50.8. The largest absolute Gasteiger partial charge is 0.478 e. The average molecular weight is 1290 g/mol. The number of hydrogen-bond donors (Lipinski definition) is 6. The van der Waals surface area contributed by atoms with Gasteiger partial charge in [0.25, 0.3) is 30.1 Å². The van der Waals surface area contributed by atoms with E-state index in [0.29, 0.717) is 42.2 Å². The number of hydrogen-bond acceptors (Lipinski definition) is 9. The smallest absolute Gasteiger partial charge is 0.335 e. The summed E-state index contributed by atoms with van der Waals surface area (Å²) in [5.41, 5.74) is 10.4. The van der Waals surface area contributed by atoms with E-state index in [9.17, 15) is 44.0 Å². The Hall–Kier alpha value is -9.43. The van der Waals surface area contributed by atoms with Crippen LogP contribution in [0.25, 0.3) is 0 Å². The number of benzene rings is 9. The number of sulfonamides is 3. The van der Waals surface area contributed by atoms with Gasteiger partial charge in [0.1, 0.15) is 5.82 Å². The molecule has 0 aliphatic rings. The van der Waals surface area contributed by atoms with Gasteiger partial charge >= 0.3 is 17.9 Å². The third-order valence-corrected chi connectivity index (χ3v) is 19.0. The summed E-state index contributed by atoms with van der Waals surface area (Å²) in [4.78, 5) is 33.2. The number of rotatable bonds is 27. The summed E-state index contributed by atoms with van der Waals surface area (Å²) in [6.45, 7) is 6.23. The Balaban J connectivity index is 0.000000194. The normalized spacial score (nSPS) is 11.3. The van der Waals surface area contributed by atoms with Crippen molar-refractivity contribution in [2.75, 3.05) is 14.2 Å². The molecule has 0 bridgehead atoms. The van der Waals surface area contributed by atoms with Crippen LogP contribution in [0.5, 0.6) is 0 Å². The van der Waals surface area contributed by atoms with Crippen LogP contribution < -0.4 is 14.2 Å². The molecule has 0 aliphatic carbocycles. The highest BCUT2D eigenvalue weighted by Crippen LogP contribution is 2.27. The molecule has 91 heavy (non-hydrogen) atoms. The number of carboxylic acids is 3. The Kier molecular flexibility index (Phi) is 24.9. The Bertz CT molecular complexity index is 4240. The molecule has 0 saturated carbocycles. The number of nitrogens with one attached hydrogen (secondary N) is 3. The topological polar surface area (TPSA) is 250 Å². The van der Waals surface area contributed by atoms with Crippen LogP contribution >= 0.6 is 0 Å². The lowest BCUT2D eigenvalue weighted by Gasteiger charge is -2.13. The van der Waals surface area contributed by atoms with Gasteiger partial charge in [-0.3, -0.25) is 14.2 Å². The number of carbonyl (C=O) groups is 3. The van der Waals surface area contributed by atoms with Gasteiger partial charge in [0, 0.05) is 0 Å². The van der Waals surface area contributed by atoms with Gasteiger partial charge in [-0.05, 0) is 212 Å². The first-order valence-electron chi connectivity index (χ1n) is 29.7. The summed E-state index contributed by atoms with van der Waals surface area (Å²) in [6.07, 6.45) is 8.64. The second-order valence-electron chi connectivity index (χ2n) is 21.9. The molecule has 0 radical (unpaired) electrons. The van der Waals surface area contributed by atoms with Gasteiger partial charge in [0.05, 0.1) is 48.4 Å². The monoisotopic (exact) mass is 1290 g/mol. The number of halogens is 1. The maximum atomic E-state index is 13.4. The molecule has 0 atom stereocenters. The van der Waals surface area contributed by atoms with E-state index < -0.39 is 53.8 Å². The maximum absolute atomic E-state index is 13.4. The van der Waals surface area contributed by atoms with E-state index in [2.05, 4.69) is 34.9 Å². The number of aryl methyl sites for hydroxylation is 7. The first-order valence-corrected chi connectivity index (χ1v) is 34.2. The lowest BCUT2D eigenvalue weighted by atomic mass is 10.0. The Morgan fingerprint density at radius 3 is 1.00 bits per heavy atom. The van der Waals surface area contributed by atoms with E-state index in [0.717, 1.165) is 102 Å². The van der Waals surface area contributed by atoms with Crippen LogP contribution in [0.15, 0.2) is 233 Å². The molecule has 0 aromatic heterocycles. The molecule has 0 aliphatic heterocycles. The molecule has 0 heterocycles. The van der Waals surface area contributed by atoms with Gasteiger partial charge < -0.3 is 15.3 Å². The summed E-state index contributed by atoms with van der Waals surface area (Å²) in [5.74, 6) is -3.11. The highest BCUT2D eigenvalue weighted by molar-refractivity contribution is 7.93.